The van der Waals surface area contributed by atoms with Crippen LogP contribution < -0.4 is 9.62 Å². The second-order valence-corrected chi connectivity index (χ2v) is 10.0. The summed E-state index contributed by atoms with van der Waals surface area (Å²) in [5, 5.41) is 3.05. The van der Waals surface area contributed by atoms with Crippen molar-refractivity contribution in [3.63, 3.8) is 0 Å². The highest BCUT2D eigenvalue weighted by Gasteiger charge is 2.29. The number of sulfonamides is 1. The summed E-state index contributed by atoms with van der Waals surface area (Å²) in [4.78, 5) is 13.3. The maximum absolute atomic E-state index is 13.6. The summed E-state index contributed by atoms with van der Waals surface area (Å²) < 4.78 is 28.4. The summed E-state index contributed by atoms with van der Waals surface area (Å²) >= 11 is 0. The number of para-hydroxylation sites is 1. The van der Waals surface area contributed by atoms with Crippen LogP contribution in [0.15, 0.2) is 77.7 Å². The van der Waals surface area contributed by atoms with E-state index in [2.05, 4.69) is 18.3 Å². The molecule has 0 saturated carbocycles. The first-order chi connectivity index (χ1) is 15.8. The van der Waals surface area contributed by atoms with Crippen LogP contribution in [0.2, 0.25) is 0 Å². The number of anilines is 1. The van der Waals surface area contributed by atoms with E-state index >= 15 is 0 Å². The van der Waals surface area contributed by atoms with E-state index in [0.29, 0.717) is 18.5 Å². The predicted octanol–water partition coefficient (Wildman–Crippen LogP) is 5.33. The Kier molecular flexibility index (Phi) is 7.92. The first-order valence-corrected chi connectivity index (χ1v) is 12.7. The number of carbonyl (C=O) groups is 1. The van der Waals surface area contributed by atoms with Gasteiger partial charge in [-0.3, -0.25) is 9.10 Å². The van der Waals surface area contributed by atoms with Crippen LogP contribution in [0.5, 0.6) is 0 Å². The van der Waals surface area contributed by atoms with E-state index in [1.165, 1.54) is 9.87 Å². The van der Waals surface area contributed by atoms with Crippen molar-refractivity contribution in [1.29, 1.82) is 0 Å². The number of amides is 1. The van der Waals surface area contributed by atoms with Crippen LogP contribution in [-0.2, 0) is 21.2 Å². The highest BCUT2D eigenvalue weighted by Crippen LogP contribution is 2.28. The fourth-order valence-corrected chi connectivity index (χ4v) is 5.33. The lowest BCUT2D eigenvalue weighted by molar-refractivity contribution is -0.120. The Morgan fingerprint density at radius 2 is 1.58 bits per heavy atom. The number of hydrogen-bond donors (Lipinski definition) is 1. The van der Waals surface area contributed by atoms with Crippen molar-refractivity contribution in [1.82, 2.24) is 5.32 Å². The second kappa shape index (κ2) is 10.7. The lowest BCUT2D eigenvalue weighted by Crippen LogP contribution is -2.42. The van der Waals surface area contributed by atoms with Crippen LogP contribution in [0.4, 0.5) is 5.69 Å². The van der Waals surface area contributed by atoms with Gasteiger partial charge in [-0.05, 0) is 67.1 Å². The molecule has 3 aromatic carbocycles. The number of carbonyl (C=O) groups excluding carboxylic acids is 1. The number of benzene rings is 3. The van der Waals surface area contributed by atoms with E-state index in [0.717, 1.165) is 16.7 Å². The predicted molar refractivity (Wildman–Crippen MR) is 134 cm³/mol. The molecule has 0 bridgehead atoms. The fourth-order valence-electron chi connectivity index (χ4n) is 3.85. The van der Waals surface area contributed by atoms with Crippen LogP contribution in [0.1, 0.15) is 48.6 Å². The highest BCUT2D eigenvalue weighted by atomic mass is 32.2. The van der Waals surface area contributed by atoms with Gasteiger partial charge in [-0.15, -0.1) is 0 Å². The molecule has 33 heavy (non-hydrogen) atoms. The molecular weight excluding hydrogens is 432 g/mol. The van der Waals surface area contributed by atoms with Crippen LogP contribution >= 0.6 is 0 Å². The van der Waals surface area contributed by atoms with Gasteiger partial charge in [-0.1, -0.05) is 68.4 Å². The zero-order chi connectivity index (χ0) is 24.0. The van der Waals surface area contributed by atoms with E-state index in [9.17, 15) is 13.2 Å². The number of nitrogens with zero attached hydrogens (tertiary/aromatic N) is 1. The summed E-state index contributed by atoms with van der Waals surface area (Å²) in [7, 11) is -3.93. The van der Waals surface area contributed by atoms with Crippen molar-refractivity contribution in [3.8, 4) is 0 Å². The van der Waals surface area contributed by atoms with Crippen LogP contribution in [0.3, 0.4) is 0 Å². The van der Waals surface area contributed by atoms with E-state index in [4.69, 9.17) is 0 Å². The van der Waals surface area contributed by atoms with Gasteiger partial charge >= 0.3 is 0 Å². The van der Waals surface area contributed by atoms with E-state index in [-0.39, 0.29) is 23.4 Å². The summed E-state index contributed by atoms with van der Waals surface area (Å²) in [5.74, 6) is -0.342. The van der Waals surface area contributed by atoms with Gasteiger partial charge in [0, 0.05) is 0 Å². The molecule has 0 aromatic heterocycles. The average molecular weight is 465 g/mol. The Morgan fingerprint density at radius 1 is 0.909 bits per heavy atom. The molecule has 3 rings (SSSR count). The minimum Gasteiger partial charge on any atom is -0.348 e. The largest absolute Gasteiger partial charge is 0.348 e. The number of rotatable bonds is 9. The minimum atomic E-state index is -3.93. The quantitative estimate of drug-likeness (QED) is 0.465. The Labute approximate surface area is 197 Å². The molecule has 0 spiro atoms. The molecule has 0 radical (unpaired) electrons. The molecule has 1 unspecified atom stereocenters. The highest BCUT2D eigenvalue weighted by molar-refractivity contribution is 7.92. The Morgan fingerprint density at radius 3 is 2.21 bits per heavy atom. The van der Waals surface area contributed by atoms with Gasteiger partial charge in [-0.2, -0.15) is 0 Å². The summed E-state index contributed by atoms with van der Waals surface area (Å²) in [6.07, 6.45) is 1.35. The lowest BCUT2D eigenvalue weighted by Gasteiger charge is -2.27. The van der Waals surface area contributed by atoms with Gasteiger partial charge in [0.2, 0.25) is 5.91 Å². The number of aryl methyl sites for hydroxylation is 3. The van der Waals surface area contributed by atoms with Gasteiger partial charge in [0.05, 0.1) is 16.6 Å². The molecule has 174 valence electrons. The van der Waals surface area contributed by atoms with Gasteiger partial charge < -0.3 is 5.32 Å². The maximum atomic E-state index is 13.6. The number of hydrogen-bond acceptors (Lipinski definition) is 3. The molecule has 0 fully saturated rings. The molecule has 1 atom stereocenters. The molecule has 0 heterocycles. The zero-order valence-electron chi connectivity index (χ0n) is 19.7. The second-order valence-electron chi connectivity index (χ2n) is 8.18. The normalized spacial score (nSPS) is 12.2. The van der Waals surface area contributed by atoms with Crippen LogP contribution in [-0.4, -0.2) is 20.9 Å². The first kappa shape index (κ1) is 24.5. The molecule has 5 nitrogen and oxygen atoms in total. The zero-order valence-corrected chi connectivity index (χ0v) is 20.5. The molecular formula is C27H32N2O3S. The van der Waals surface area contributed by atoms with Crippen molar-refractivity contribution in [2.45, 2.75) is 51.5 Å². The third-order valence-electron chi connectivity index (χ3n) is 5.94. The minimum absolute atomic E-state index is 0.157. The third-order valence-corrected chi connectivity index (χ3v) is 7.71. The van der Waals surface area contributed by atoms with Gasteiger partial charge in [0.1, 0.15) is 6.54 Å². The number of nitrogens with one attached hydrogen (secondary N) is 1. The van der Waals surface area contributed by atoms with E-state index in [1.807, 2.05) is 45.0 Å². The third kappa shape index (κ3) is 5.63. The smallest absolute Gasteiger partial charge is 0.264 e. The molecule has 1 N–H and O–H groups in total. The Bertz CT molecular complexity index is 1210. The monoisotopic (exact) mass is 464 g/mol. The molecule has 0 aliphatic heterocycles. The Balaban J connectivity index is 1.94. The van der Waals surface area contributed by atoms with Crippen molar-refractivity contribution in [2.24, 2.45) is 0 Å². The molecule has 6 heteroatoms. The molecule has 0 saturated heterocycles. The van der Waals surface area contributed by atoms with E-state index < -0.39 is 10.0 Å². The standard InChI is InChI=1S/C27H32N2O3S/c1-5-22-12-10-11-15-26(22)29(33(31,32)24-13-8-7-9-14-24)19-27(30)28-25(6-2)23-17-16-20(3)21(4)18-23/h7-18,25H,5-6,19H2,1-4H3,(H,28,30). The summed E-state index contributed by atoms with van der Waals surface area (Å²) in [5.41, 5.74) is 4.76. The molecule has 3 aromatic rings. The van der Waals surface area contributed by atoms with Crippen LogP contribution in [0, 0.1) is 13.8 Å². The SMILES string of the molecule is CCc1ccccc1N(CC(=O)NC(CC)c1ccc(C)c(C)c1)S(=O)(=O)c1ccccc1. The Hall–Kier alpha value is -3.12. The van der Waals surface area contributed by atoms with Crippen molar-refractivity contribution < 1.29 is 13.2 Å². The molecule has 0 aliphatic rings. The average Bonchev–Trinajstić information content (AvgIpc) is 2.83. The van der Waals surface area contributed by atoms with Crippen LogP contribution in [0.25, 0.3) is 0 Å². The molecule has 0 aliphatic carbocycles. The summed E-state index contributed by atoms with van der Waals surface area (Å²) in [6.45, 7) is 7.78. The topological polar surface area (TPSA) is 66.5 Å². The first-order valence-electron chi connectivity index (χ1n) is 11.3. The maximum Gasteiger partial charge on any atom is 0.264 e. The van der Waals surface area contributed by atoms with E-state index in [1.54, 1.807) is 42.5 Å². The van der Waals surface area contributed by atoms with Gasteiger partial charge in [0.25, 0.3) is 10.0 Å². The van der Waals surface area contributed by atoms with Crippen molar-refractivity contribution in [2.75, 3.05) is 10.8 Å². The van der Waals surface area contributed by atoms with Gasteiger partial charge in [-0.25, -0.2) is 8.42 Å². The van der Waals surface area contributed by atoms with Crippen molar-refractivity contribution in [3.05, 3.63) is 95.1 Å². The fraction of sp³-hybridized carbons (Fsp3) is 0.296. The lowest BCUT2D eigenvalue weighted by atomic mass is 9.99. The summed E-state index contributed by atoms with van der Waals surface area (Å²) in [6, 6.07) is 21.5. The molecule has 1 amide bonds. The van der Waals surface area contributed by atoms with Crippen molar-refractivity contribution >= 4 is 21.6 Å². The van der Waals surface area contributed by atoms with Gasteiger partial charge in [0.15, 0.2) is 0 Å².